The molecule has 5 nitrogen and oxygen atoms in total. The van der Waals surface area contributed by atoms with Gasteiger partial charge in [-0.1, -0.05) is 0 Å². The van der Waals surface area contributed by atoms with Crippen molar-refractivity contribution in [2.45, 2.75) is 31.7 Å². The van der Waals surface area contributed by atoms with Gasteiger partial charge in [0.15, 0.2) is 0 Å². The predicted molar refractivity (Wildman–Crippen MR) is 68.9 cm³/mol. The van der Waals surface area contributed by atoms with Gasteiger partial charge in [-0.2, -0.15) is 0 Å². The molecule has 98 valence electrons. The SMILES string of the molecule is COCC(CCCN)NCCCc1ncc[nH]1. The second-order valence-corrected chi connectivity index (χ2v) is 4.18. The first kappa shape index (κ1) is 14.2. The van der Waals surface area contributed by atoms with Crippen molar-refractivity contribution in [3.05, 3.63) is 18.2 Å². The second kappa shape index (κ2) is 9.15. The first-order chi connectivity index (χ1) is 8.36. The molecule has 0 aliphatic rings. The van der Waals surface area contributed by atoms with Crippen LogP contribution < -0.4 is 11.1 Å². The van der Waals surface area contributed by atoms with E-state index in [1.807, 2.05) is 6.20 Å². The standard InChI is InChI=1S/C12H24N4O/c1-17-10-11(4-2-6-13)14-7-3-5-12-15-8-9-16-12/h8-9,11,14H,2-7,10,13H2,1H3,(H,15,16). The van der Waals surface area contributed by atoms with Crippen LogP contribution in [-0.4, -0.2) is 42.8 Å². The van der Waals surface area contributed by atoms with Gasteiger partial charge in [0.2, 0.25) is 0 Å². The summed E-state index contributed by atoms with van der Waals surface area (Å²) in [5.41, 5.74) is 5.51. The maximum atomic E-state index is 5.51. The Morgan fingerprint density at radius 3 is 3.06 bits per heavy atom. The van der Waals surface area contributed by atoms with Crippen LogP contribution in [0.3, 0.4) is 0 Å². The molecule has 0 saturated heterocycles. The highest BCUT2D eigenvalue weighted by Crippen LogP contribution is 1.98. The minimum Gasteiger partial charge on any atom is -0.383 e. The van der Waals surface area contributed by atoms with Gasteiger partial charge >= 0.3 is 0 Å². The summed E-state index contributed by atoms with van der Waals surface area (Å²) >= 11 is 0. The monoisotopic (exact) mass is 240 g/mol. The van der Waals surface area contributed by atoms with Gasteiger partial charge in [-0.25, -0.2) is 4.98 Å². The van der Waals surface area contributed by atoms with Crippen LogP contribution >= 0.6 is 0 Å². The molecule has 1 aromatic rings. The number of hydrogen-bond donors (Lipinski definition) is 3. The molecular formula is C12H24N4O. The van der Waals surface area contributed by atoms with Crippen LogP contribution in [0.1, 0.15) is 25.1 Å². The molecule has 0 radical (unpaired) electrons. The molecule has 0 aliphatic heterocycles. The Hall–Kier alpha value is -0.910. The van der Waals surface area contributed by atoms with Crippen molar-refractivity contribution in [1.82, 2.24) is 15.3 Å². The Bertz CT molecular complexity index is 263. The number of nitrogens with zero attached hydrogens (tertiary/aromatic N) is 1. The largest absolute Gasteiger partial charge is 0.383 e. The van der Waals surface area contributed by atoms with Crippen LogP contribution in [0.15, 0.2) is 12.4 Å². The van der Waals surface area contributed by atoms with Crippen LogP contribution in [0.5, 0.6) is 0 Å². The molecule has 0 amide bonds. The van der Waals surface area contributed by atoms with Crippen molar-refractivity contribution in [2.75, 3.05) is 26.8 Å². The van der Waals surface area contributed by atoms with Gasteiger partial charge in [0.05, 0.1) is 6.61 Å². The number of nitrogens with one attached hydrogen (secondary N) is 2. The third-order valence-electron chi connectivity index (χ3n) is 2.70. The minimum absolute atomic E-state index is 0.417. The Labute approximate surface area is 103 Å². The minimum atomic E-state index is 0.417. The second-order valence-electron chi connectivity index (χ2n) is 4.18. The molecular weight excluding hydrogens is 216 g/mol. The summed E-state index contributed by atoms with van der Waals surface area (Å²) in [6, 6.07) is 0.417. The summed E-state index contributed by atoms with van der Waals surface area (Å²) in [6.45, 7) is 2.48. The van der Waals surface area contributed by atoms with Crippen molar-refractivity contribution in [3.8, 4) is 0 Å². The van der Waals surface area contributed by atoms with Gasteiger partial charge in [0.25, 0.3) is 0 Å². The van der Waals surface area contributed by atoms with E-state index in [1.165, 1.54) is 0 Å². The number of imidazole rings is 1. The van der Waals surface area contributed by atoms with E-state index in [2.05, 4.69) is 15.3 Å². The lowest BCUT2D eigenvalue weighted by atomic mass is 10.1. The maximum absolute atomic E-state index is 5.51. The van der Waals surface area contributed by atoms with Gasteiger partial charge in [0.1, 0.15) is 5.82 Å². The fourth-order valence-corrected chi connectivity index (χ4v) is 1.81. The third kappa shape index (κ3) is 6.41. The Morgan fingerprint density at radius 1 is 1.53 bits per heavy atom. The number of aromatic nitrogens is 2. The van der Waals surface area contributed by atoms with E-state index in [0.29, 0.717) is 6.04 Å². The number of aromatic amines is 1. The summed E-state index contributed by atoms with van der Waals surface area (Å²) in [5, 5.41) is 3.50. The zero-order chi connectivity index (χ0) is 12.3. The predicted octanol–water partition coefficient (Wildman–Crippen LogP) is 0.686. The number of aryl methyl sites for hydroxylation is 1. The summed E-state index contributed by atoms with van der Waals surface area (Å²) in [7, 11) is 1.74. The summed E-state index contributed by atoms with van der Waals surface area (Å²) in [6.07, 6.45) is 7.83. The van der Waals surface area contributed by atoms with Gasteiger partial charge < -0.3 is 20.8 Å². The number of ether oxygens (including phenoxy) is 1. The number of hydrogen-bond acceptors (Lipinski definition) is 4. The third-order valence-corrected chi connectivity index (χ3v) is 2.70. The van der Waals surface area contributed by atoms with Crippen molar-refractivity contribution in [2.24, 2.45) is 5.73 Å². The zero-order valence-corrected chi connectivity index (χ0v) is 10.6. The lowest BCUT2D eigenvalue weighted by Crippen LogP contribution is -2.34. The molecule has 0 saturated carbocycles. The molecule has 0 spiro atoms. The van der Waals surface area contributed by atoms with E-state index in [1.54, 1.807) is 13.3 Å². The maximum Gasteiger partial charge on any atom is 0.106 e. The molecule has 0 bridgehead atoms. The highest BCUT2D eigenvalue weighted by atomic mass is 16.5. The molecule has 5 heteroatoms. The summed E-state index contributed by atoms with van der Waals surface area (Å²) < 4.78 is 5.18. The highest BCUT2D eigenvalue weighted by Gasteiger charge is 2.06. The summed E-state index contributed by atoms with van der Waals surface area (Å²) in [4.78, 5) is 7.30. The molecule has 4 N–H and O–H groups in total. The molecule has 1 unspecified atom stereocenters. The quantitative estimate of drug-likeness (QED) is 0.526. The van der Waals surface area contributed by atoms with Crippen LogP contribution in [0.2, 0.25) is 0 Å². The van der Waals surface area contributed by atoms with E-state index in [9.17, 15) is 0 Å². The smallest absolute Gasteiger partial charge is 0.106 e. The lowest BCUT2D eigenvalue weighted by molar-refractivity contribution is 0.161. The molecule has 0 fully saturated rings. The van der Waals surface area contributed by atoms with Gasteiger partial charge in [-0.3, -0.25) is 0 Å². The molecule has 0 aromatic carbocycles. The van der Waals surface area contributed by atoms with Gasteiger partial charge in [0, 0.05) is 32.0 Å². The van der Waals surface area contributed by atoms with Gasteiger partial charge in [-0.05, 0) is 32.4 Å². The molecule has 1 rings (SSSR count). The first-order valence-corrected chi connectivity index (χ1v) is 6.27. The number of nitrogens with two attached hydrogens (primary N) is 1. The van der Waals surface area contributed by atoms with Gasteiger partial charge in [-0.15, -0.1) is 0 Å². The Morgan fingerprint density at radius 2 is 2.41 bits per heavy atom. The number of H-pyrrole nitrogens is 1. The first-order valence-electron chi connectivity index (χ1n) is 6.27. The molecule has 17 heavy (non-hydrogen) atoms. The molecule has 1 aromatic heterocycles. The Kier molecular flexibility index (Phi) is 7.62. The fraction of sp³-hybridized carbons (Fsp3) is 0.750. The molecule has 1 atom stereocenters. The van der Waals surface area contributed by atoms with E-state index >= 15 is 0 Å². The molecule has 0 aliphatic carbocycles. The van der Waals surface area contributed by atoms with Crippen molar-refractivity contribution < 1.29 is 4.74 Å². The van der Waals surface area contributed by atoms with Crippen molar-refractivity contribution >= 4 is 0 Å². The van der Waals surface area contributed by atoms with Crippen molar-refractivity contribution in [1.29, 1.82) is 0 Å². The van der Waals surface area contributed by atoms with Crippen LogP contribution in [0.25, 0.3) is 0 Å². The summed E-state index contributed by atoms with van der Waals surface area (Å²) in [5.74, 6) is 1.05. The van der Waals surface area contributed by atoms with E-state index in [4.69, 9.17) is 10.5 Å². The van der Waals surface area contributed by atoms with E-state index < -0.39 is 0 Å². The Balaban J connectivity index is 2.08. The van der Waals surface area contributed by atoms with E-state index in [-0.39, 0.29) is 0 Å². The van der Waals surface area contributed by atoms with E-state index in [0.717, 1.165) is 51.2 Å². The van der Waals surface area contributed by atoms with Crippen LogP contribution in [-0.2, 0) is 11.2 Å². The normalized spacial score (nSPS) is 12.8. The highest BCUT2D eigenvalue weighted by molar-refractivity contribution is 4.86. The average Bonchev–Trinajstić information content (AvgIpc) is 2.84. The van der Waals surface area contributed by atoms with Crippen LogP contribution in [0, 0.1) is 0 Å². The van der Waals surface area contributed by atoms with Crippen LogP contribution in [0.4, 0.5) is 0 Å². The molecule has 1 heterocycles. The zero-order valence-electron chi connectivity index (χ0n) is 10.6. The number of rotatable bonds is 10. The lowest BCUT2D eigenvalue weighted by Gasteiger charge is -2.17. The number of methoxy groups -OCH3 is 1. The van der Waals surface area contributed by atoms with Crippen molar-refractivity contribution in [3.63, 3.8) is 0 Å². The topological polar surface area (TPSA) is 76.0 Å². The average molecular weight is 240 g/mol. The fourth-order valence-electron chi connectivity index (χ4n) is 1.81.